The van der Waals surface area contributed by atoms with Crippen LogP contribution in [0.4, 0.5) is 11.4 Å². The first-order valence-corrected chi connectivity index (χ1v) is 11.0. The van der Waals surface area contributed by atoms with Crippen molar-refractivity contribution in [1.29, 1.82) is 0 Å². The van der Waals surface area contributed by atoms with Crippen molar-refractivity contribution < 1.29 is 0 Å². The summed E-state index contributed by atoms with van der Waals surface area (Å²) < 4.78 is 0. The van der Waals surface area contributed by atoms with Crippen molar-refractivity contribution in [2.45, 2.75) is 13.1 Å². The Morgan fingerprint density at radius 1 is 0.594 bits per heavy atom. The lowest BCUT2D eigenvalue weighted by Crippen LogP contribution is -2.28. The Hall–Kier alpha value is -3.48. The molecule has 0 aliphatic carbocycles. The highest BCUT2D eigenvalue weighted by Crippen LogP contribution is 2.11. The van der Waals surface area contributed by atoms with Crippen molar-refractivity contribution in [2.75, 3.05) is 10.6 Å². The quantitative estimate of drug-likeness (QED) is 0.313. The molecular formula is C26H26N4S2. The average molecular weight is 459 g/mol. The normalized spacial score (nSPS) is 10.0. The molecule has 4 nitrogen and oxygen atoms in total. The first-order chi connectivity index (χ1) is 15.6. The summed E-state index contributed by atoms with van der Waals surface area (Å²) in [5.74, 6) is 0. The molecule has 4 N–H and O–H groups in total. The van der Waals surface area contributed by atoms with Gasteiger partial charge in [0.15, 0.2) is 10.2 Å². The van der Waals surface area contributed by atoms with Crippen LogP contribution in [0, 0.1) is 0 Å². The molecule has 0 spiro atoms. The third kappa shape index (κ3) is 7.34. The number of benzene rings is 3. The molecule has 0 aliphatic heterocycles. The van der Waals surface area contributed by atoms with Gasteiger partial charge in [0, 0.05) is 24.5 Å². The summed E-state index contributed by atoms with van der Waals surface area (Å²) in [6.07, 6.45) is 3.62. The summed E-state index contributed by atoms with van der Waals surface area (Å²) in [6, 6.07) is 24.2. The molecule has 32 heavy (non-hydrogen) atoms. The summed E-state index contributed by atoms with van der Waals surface area (Å²) in [5.41, 5.74) is 6.31. The van der Waals surface area contributed by atoms with E-state index in [0.29, 0.717) is 23.3 Å². The molecule has 6 heteroatoms. The van der Waals surface area contributed by atoms with Gasteiger partial charge in [-0.2, -0.15) is 0 Å². The maximum atomic E-state index is 5.38. The topological polar surface area (TPSA) is 48.1 Å². The second-order valence-corrected chi connectivity index (χ2v) is 7.90. The van der Waals surface area contributed by atoms with Gasteiger partial charge in [-0.15, -0.1) is 0 Å². The highest BCUT2D eigenvalue weighted by molar-refractivity contribution is 7.80. The Morgan fingerprint density at radius 2 is 0.938 bits per heavy atom. The molecule has 0 heterocycles. The molecule has 0 saturated carbocycles. The van der Waals surface area contributed by atoms with E-state index in [9.17, 15) is 0 Å². The Balaban J connectivity index is 1.40. The molecule has 0 unspecified atom stereocenters. The second-order valence-electron chi connectivity index (χ2n) is 7.08. The molecule has 0 saturated heterocycles. The second kappa shape index (κ2) is 11.8. The minimum Gasteiger partial charge on any atom is -0.358 e. The zero-order valence-electron chi connectivity index (χ0n) is 17.7. The summed E-state index contributed by atoms with van der Waals surface area (Å²) in [4.78, 5) is 0. The fourth-order valence-corrected chi connectivity index (χ4v) is 3.28. The van der Waals surface area contributed by atoms with E-state index in [2.05, 4.69) is 58.7 Å². The smallest absolute Gasteiger partial charge is 0.171 e. The van der Waals surface area contributed by atoms with Gasteiger partial charge in [0.1, 0.15) is 0 Å². The minimum atomic E-state index is 0.583. The van der Waals surface area contributed by atoms with Crippen molar-refractivity contribution >= 4 is 58.2 Å². The molecule has 3 rings (SSSR count). The fourth-order valence-electron chi connectivity index (χ4n) is 2.90. The van der Waals surface area contributed by atoms with Gasteiger partial charge >= 0.3 is 0 Å². The Labute approximate surface area is 200 Å². The van der Waals surface area contributed by atoms with E-state index in [0.717, 1.165) is 33.6 Å². The molecule has 0 aromatic heterocycles. The molecule has 0 atom stereocenters. The maximum Gasteiger partial charge on any atom is 0.171 e. The van der Waals surface area contributed by atoms with Crippen LogP contribution in [0.3, 0.4) is 0 Å². The SMILES string of the molecule is C=Cc1ccc(NC(=S)NCc2ccc(CNC(=S)Nc3ccc(C=C)cc3)cc2)cc1. The molecule has 162 valence electrons. The largest absolute Gasteiger partial charge is 0.358 e. The summed E-state index contributed by atoms with van der Waals surface area (Å²) in [5, 5.41) is 14.0. The minimum absolute atomic E-state index is 0.583. The number of hydrogen-bond donors (Lipinski definition) is 4. The third-order valence-corrected chi connectivity index (χ3v) is 5.23. The van der Waals surface area contributed by atoms with Gasteiger partial charge in [-0.05, 0) is 71.0 Å². The lowest BCUT2D eigenvalue weighted by atomic mass is 10.1. The summed E-state index contributed by atoms with van der Waals surface area (Å²) in [7, 11) is 0. The molecule has 0 fully saturated rings. The zero-order valence-corrected chi connectivity index (χ0v) is 19.4. The number of hydrogen-bond acceptors (Lipinski definition) is 2. The summed E-state index contributed by atoms with van der Waals surface area (Å²) in [6.45, 7) is 8.80. The number of nitrogens with one attached hydrogen (secondary N) is 4. The first kappa shape index (κ1) is 23.2. The Morgan fingerprint density at radius 3 is 1.25 bits per heavy atom. The molecule has 0 radical (unpaired) electrons. The van der Waals surface area contributed by atoms with E-state index in [4.69, 9.17) is 24.4 Å². The van der Waals surface area contributed by atoms with Crippen LogP contribution in [-0.2, 0) is 13.1 Å². The van der Waals surface area contributed by atoms with Crippen LogP contribution >= 0.6 is 24.4 Å². The van der Waals surface area contributed by atoms with Crippen molar-refractivity contribution in [2.24, 2.45) is 0 Å². The molecule has 0 amide bonds. The van der Waals surface area contributed by atoms with Crippen LogP contribution in [0.25, 0.3) is 12.2 Å². The van der Waals surface area contributed by atoms with Crippen LogP contribution in [0.1, 0.15) is 22.3 Å². The van der Waals surface area contributed by atoms with Gasteiger partial charge in [0.25, 0.3) is 0 Å². The Kier molecular flexibility index (Phi) is 8.54. The van der Waals surface area contributed by atoms with Crippen LogP contribution < -0.4 is 21.3 Å². The van der Waals surface area contributed by atoms with Gasteiger partial charge in [-0.3, -0.25) is 0 Å². The van der Waals surface area contributed by atoms with E-state index >= 15 is 0 Å². The number of rotatable bonds is 8. The van der Waals surface area contributed by atoms with E-state index in [-0.39, 0.29) is 0 Å². The average Bonchev–Trinajstić information content (AvgIpc) is 2.83. The maximum absolute atomic E-state index is 5.38. The number of anilines is 2. The van der Waals surface area contributed by atoms with Gasteiger partial charge in [0.2, 0.25) is 0 Å². The molecule has 3 aromatic rings. The number of thiocarbonyl (C=S) groups is 2. The first-order valence-electron chi connectivity index (χ1n) is 10.2. The van der Waals surface area contributed by atoms with Crippen LogP contribution in [0.5, 0.6) is 0 Å². The van der Waals surface area contributed by atoms with Gasteiger partial charge in [-0.1, -0.05) is 73.8 Å². The summed E-state index contributed by atoms with van der Waals surface area (Å²) >= 11 is 10.8. The monoisotopic (exact) mass is 458 g/mol. The molecule has 3 aromatic carbocycles. The van der Waals surface area contributed by atoms with Crippen molar-refractivity contribution in [3.8, 4) is 0 Å². The zero-order chi connectivity index (χ0) is 22.8. The predicted octanol–water partition coefficient (Wildman–Crippen LogP) is 5.95. The standard InChI is InChI=1S/C26H26N4S2/c1-3-19-9-13-23(14-10-19)29-25(31)27-17-21-5-7-22(8-6-21)18-28-26(32)30-24-15-11-20(4-2)12-16-24/h3-16H,1-2,17-18H2,(H2,27,29,31)(H2,28,30,32). The highest BCUT2D eigenvalue weighted by Gasteiger charge is 2.01. The van der Waals surface area contributed by atoms with Gasteiger partial charge < -0.3 is 21.3 Å². The van der Waals surface area contributed by atoms with Crippen molar-refractivity contribution in [3.05, 3.63) is 108 Å². The highest BCUT2D eigenvalue weighted by atomic mass is 32.1. The van der Waals surface area contributed by atoms with E-state index < -0.39 is 0 Å². The lowest BCUT2D eigenvalue weighted by Gasteiger charge is -2.12. The predicted molar refractivity (Wildman–Crippen MR) is 146 cm³/mol. The van der Waals surface area contributed by atoms with Gasteiger partial charge in [0.05, 0.1) is 0 Å². The molecular weight excluding hydrogens is 432 g/mol. The molecule has 0 bridgehead atoms. The van der Waals surface area contributed by atoms with Crippen LogP contribution in [0.15, 0.2) is 86.0 Å². The van der Waals surface area contributed by atoms with E-state index in [1.165, 1.54) is 0 Å². The van der Waals surface area contributed by atoms with E-state index in [1.54, 1.807) is 0 Å². The van der Waals surface area contributed by atoms with Crippen molar-refractivity contribution in [3.63, 3.8) is 0 Å². The van der Waals surface area contributed by atoms with E-state index in [1.807, 2.05) is 60.7 Å². The van der Waals surface area contributed by atoms with Crippen LogP contribution in [0.2, 0.25) is 0 Å². The van der Waals surface area contributed by atoms with Gasteiger partial charge in [-0.25, -0.2) is 0 Å². The fraction of sp³-hybridized carbons (Fsp3) is 0.0769. The lowest BCUT2D eigenvalue weighted by molar-refractivity contribution is 0.906. The van der Waals surface area contributed by atoms with Crippen molar-refractivity contribution in [1.82, 2.24) is 10.6 Å². The Bertz CT molecular complexity index is 984. The molecule has 0 aliphatic rings. The third-order valence-electron chi connectivity index (χ3n) is 4.74. The van der Waals surface area contributed by atoms with Crippen LogP contribution in [-0.4, -0.2) is 10.2 Å².